The van der Waals surface area contributed by atoms with Crippen LogP contribution in [0.5, 0.6) is 0 Å². The third kappa shape index (κ3) is 4.73. The predicted octanol–water partition coefficient (Wildman–Crippen LogP) is 3.15. The van der Waals surface area contributed by atoms with Crippen molar-refractivity contribution in [3.63, 3.8) is 0 Å². The molecule has 0 saturated heterocycles. The average molecular weight is 384 g/mol. The van der Waals surface area contributed by atoms with Gasteiger partial charge >= 0.3 is 5.97 Å². The molecule has 0 spiro atoms. The number of hydrogen-bond donors (Lipinski definition) is 2. The Morgan fingerprint density at radius 3 is 2.64 bits per heavy atom. The van der Waals surface area contributed by atoms with E-state index in [0.29, 0.717) is 24.2 Å². The summed E-state index contributed by atoms with van der Waals surface area (Å²) in [6.07, 6.45) is 0.232. The minimum absolute atomic E-state index is 0.0261. The molecule has 1 atom stereocenters. The summed E-state index contributed by atoms with van der Waals surface area (Å²) in [5.74, 6) is -2.75. The highest BCUT2D eigenvalue weighted by Gasteiger charge is 2.33. The quantitative estimate of drug-likeness (QED) is 0.768. The molecule has 28 heavy (non-hydrogen) atoms. The van der Waals surface area contributed by atoms with Crippen LogP contribution in [0.1, 0.15) is 36.3 Å². The van der Waals surface area contributed by atoms with Gasteiger partial charge in [-0.1, -0.05) is 36.4 Å². The molecule has 6 nitrogen and oxygen atoms in total. The number of amides is 2. The number of rotatable bonds is 7. The summed E-state index contributed by atoms with van der Waals surface area (Å²) in [4.78, 5) is 37.8. The van der Waals surface area contributed by atoms with E-state index in [1.807, 2.05) is 30.3 Å². The Balaban J connectivity index is 1.85. The molecule has 2 aromatic rings. The second-order valence-corrected chi connectivity index (χ2v) is 6.78. The van der Waals surface area contributed by atoms with E-state index < -0.39 is 17.7 Å². The molecule has 1 unspecified atom stereocenters. The van der Waals surface area contributed by atoms with Crippen LogP contribution in [0.2, 0.25) is 0 Å². The molecule has 0 aliphatic carbocycles. The van der Waals surface area contributed by atoms with Crippen LogP contribution in [-0.4, -0.2) is 34.3 Å². The van der Waals surface area contributed by atoms with Gasteiger partial charge in [-0.05, 0) is 29.7 Å². The summed E-state index contributed by atoms with van der Waals surface area (Å²) >= 11 is 0. The SMILES string of the molecule is O=C(O)CCCN(Cc1ccccc1)C(=O)C1CC(=O)Nc2cc(F)ccc21. The normalized spacial score (nSPS) is 15.5. The highest BCUT2D eigenvalue weighted by Crippen LogP contribution is 2.34. The van der Waals surface area contributed by atoms with Crippen LogP contribution in [0.4, 0.5) is 10.1 Å². The first-order valence-corrected chi connectivity index (χ1v) is 9.08. The van der Waals surface area contributed by atoms with E-state index in [1.165, 1.54) is 18.2 Å². The highest BCUT2D eigenvalue weighted by atomic mass is 19.1. The number of carboxylic acids is 1. The Bertz CT molecular complexity index is 885. The van der Waals surface area contributed by atoms with Crippen molar-refractivity contribution in [3.8, 4) is 0 Å². The topological polar surface area (TPSA) is 86.7 Å². The molecular formula is C21H21FN2O4. The van der Waals surface area contributed by atoms with Crippen LogP contribution in [0.15, 0.2) is 48.5 Å². The summed E-state index contributed by atoms with van der Waals surface area (Å²) < 4.78 is 13.5. The van der Waals surface area contributed by atoms with E-state index in [0.717, 1.165) is 5.56 Å². The molecule has 0 radical (unpaired) electrons. The zero-order chi connectivity index (χ0) is 20.1. The molecule has 2 amide bonds. The molecule has 3 rings (SSSR count). The van der Waals surface area contributed by atoms with Gasteiger partial charge in [-0.15, -0.1) is 0 Å². The maximum Gasteiger partial charge on any atom is 0.303 e. The zero-order valence-electron chi connectivity index (χ0n) is 15.2. The van der Waals surface area contributed by atoms with Crippen LogP contribution < -0.4 is 5.32 Å². The van der Waals surface area contributed by atoms with Gasteiger partial charge in [-0.3, -0.25) is 14.4 Å². The first-order valence-electron chi connectivity index (χ1n) is 9.08. The van der Waals surface area contributed by atoms with E-state index in [2.05, 4.69) is 5.32 Å². The fourth-order valence-corrected chi connectivity index (χ4v) is 3.37. The molecule has 0 fully saturated rings. The number of carbonyl (C=O) groups excluding carboxylic acids is 2. The summed E-state index contributed by atoms with van der Waals surface area (Å²) in [7, 11) is 0. The van der Waals surface area contributed by atoms with Crippen molar-refractivity contribution in [3.05, 3.63) is 65.5 Å². The highest BCUT2D eigenvalue weighted by molar-refractivity contribution is 6.01. The summed E-state index contributed by atoms with van der Waals surface area (Å²) in [6.45, 7) is 0.572. The first kappa shape index (κ1) is 19.5. The Labute approximate surface area is 162 Å². The van der Waals surface area contributed by atoms with Crippen molar-refractivity contribution in [2.75, 3.05) is 11.9 Å². The number of anilines is 1. The Morgan fingerprint density at radius 1 is 1.18 bits per heavy atom. The molecule has 0 saturated carbocycles. The lowest BCUT2D eigenvalue weighted by Gasteiger charge is -2.31. The lowest BCUT2D eigenvalue weighted by molar-refractivity contribution is -0.139. The largest absolute Gasteiger partial charge is 0.481 e. The van der Waals surface area contributed by atoms with Crippen molar-refractivity contribution >= 4 is 23.5 Å². The molecule has 146 valence electrons. The summed E-state index contributed by atoms with van der Waals surface area (Å²) in [5, 5.41) is 11.5. The van der Waals surface area contributed by atoms with Gasteiger partial charge < -0.3 is 15.3 Å². The molecule has 1 heterocycles. The van der Waals surface area contributed by atoms with Gasteiger partial charge in [-0.2, -0.15) is 0 Å². The second-order valence-electron chi connectivity index (χ2n) is 6.78. The number of hydrogen-bond acceptors (Lipinski definition) is 3. The van der Waals surface area contributed by atoms with Gasteiger partial charge in [0.2, 0.25) is 11.8 Å². The van der Waals surface area contributed by atoms with Crippen LogP contribution in [0, 0.1) is 5.82 Å². The number of benzene rings is 2. The first-order chi connectivity index (χ1) is 13.4. The minimum atomic E-state index is -0.926. The average Bonchev–Trinajstić information content (AvgIpc) is 2.66. The lowest BCUT2D eigenvalue weighted by atomic mass is 9.89. The maximum atomic E-state index is 13.5. The maximum absolute atomic E-state index is 13.5. The smallest absolute Gasteiger partial charge is 0.303 e. The van der Waals surface area contributed by atoms with Gasteiger partial charge in [0, 0.05) is 31.6 Å². The minimum Gasteiger partial charge on any atom is -0.481 e. The third-order valence-electron chi connectivity index (χ3n) is 4.70. The number of aliphatic carboxylic acids is 1. The molecule has 1 aliphatic rings. The Morgan fingerprint density at radius 2 is 1.93 bits per heavy atom. The molecule has 2 aromatic carbocycles. The van der Waals surface area contributed by atoms with E-state index in [4.69, 9.17) is 5.11 Å². The Kier molecular flexibility index (Phi) is 6.03. The second kappa shape index (κ2) is 8.65. The van der Waals surface area contributed by atoms with E-state index in [9.17, 15) is 18.8 Å². The Hall–Kier alpha value is -3.22. The number of carbonyl (C=O) groups is 3. The molecule has 1 aliphatic heterocycles. The van der Waals surface area contributed by atoms with E-state index >= 15 is 0 Å². The molecule has 2 N–H and O–H groups in total. The van der Waals surface area contributed by atoms with Crippen LogP contribution in [-0.2, 0) is 20.9 Å². The van der Waals surface area contributed by atoms with Crippen molar-refractivity contribution in [1.82, 2.24) is 4.90 Å². The van der Waals surface area contributed by atoms with Gasteiger partial charge in [-0.25, -0.2) is 4.39 Å². The van der Waals surface area contributed by atoms with Crippen LogP contribution >= 0.6 is 0 Å². The summed E-state index contributed by atoms with van der Waals surface area (Å²) in [6, 6.07) is 13.4. The van der Waals surface area contributed by atoms with Crippen LogP contribution in [0.25, 0.3) is 0 Å². The predicted molar refractivity (Wildman–Crippen MR) is 101 cm³/mol. The van der Waals surface area contributed by atoms with E-state index in [1.54, 1.807) is 4.90 Å². The number of nitrogens with one attached hydrogen (secondary N) is 1. The zero-order valence-corrected chi connectivity index (χ0v) is 15.2. The van der Waals surface area contributed by atoms with Crippen molar-refractivity contribution in [1.29, 1.82) is 0 Å². The fraction of sp³-hybridized carbons (Fsp3) is 0.286. The van der Waals surface area contributed by atoms with Gasteiger partial charge in [0.15, 0.2) is 0 Å². The van der Waals surface area contributed by atoms with Gasteiger partial charge in [0.1, 0.15) is 5.82 Å². The van der Waals surface area contributed by atoms with Crippen molar-refractivity contribution < 1.29 is 23.9 Å². The molecule has 0 bridgehead atoms. The van der Waals surface area contributed by atoms with Crippen LogP contribution in [0.3, 0.4) is 0 Å². The number of fused-ring (bicyclic) bond motifs is 1. The van der Waals surface area contributed by atoms with Crippen molar-refractivity contribution in [2.24, 2.45) is 0 Å². The standard InChI is InChI=1S/C21H21FN2O4/c22-15-8-9-16-17(12-19(25)23-18(16)11-15)21(28)24(10-4-7-20(26)27)13-14-5-2-1-3-6-14/h1-3,5-6,8-9,11,17H,4,7,10,12-13H2,(H,23,25)(H,26,27). The fourth-order valence-electron chi connectivity index (χ4n) is 3.37. The number of nitrogens with zero attached hydrogens (tertiary/aromatic N) is 1. The molecule has 7 heteroatoms. The lowest BCUT2D eigenvalue weighted by Crippen LogP contribution is -2.39. The number of carboxylic acid groups (broad SMARTS) is 1. The molecule has 0 aromatic heterocycles. The summed E-state index contributed by atoms with van der Waals surface area (Å²) in [5.41, 5.74) is 1.79. The monoisotopic (exact) mass is 384 g/mol. The van der Waals surface area contributed by atoms with Gasteiger partial charge in [0.25, 0.3) is 0 Å². The van der Waals surface area contributed by atoms with Crippen molar-refractivity contribution in [2.45, 2.75) is 31.7 Å². The third-order valence-corrected chi connectivity index (χ3v) is 4.70. The number of halogens is 1. The van der Waals surface area contributed by atoms with Gasteiger partial charge in [0.05, 0.1) is 5.92 Å². The molecular weight excluding hydrogens is 363 g/mol. The van der Waals surface area contributed by atoms with E-state index in [-0.39, 0.29) is 31.2 Å².